The minimum absolute atomic E-state index is 0.0171. The fourth-order valence-corrected chi connectivity index (χ4v) is 4.07. The molecule has 0 saturated carbocycles. The molecule has 7 nitrogen and oxygen atoms in total. The molecular formula is C26H26FNO6. The Morgan fingerprint density at radius 3 is 2.47 bits per heavy atom. The number of carboxylic acid groups (broad SMARTS) is 1. The maximum Gasteiger partial charge on any atom is 0.305 e. The normalized spacial score (nSPS) is 14.8. The number of halogens is 1. The van der Waals surface area contributed by atoms with Crippen LogP contribution in [0.5, 0.6) is 11.5 Å². The number of aliphatic hydroxyl groups is 2. The first-order valence-corrected chi connectivity index (χ1v) is 11.0. The van der Waals surface area contributed by atoms with Crippen LogP contribution >= 0.6 is 0 Å². The Balaban J connectivity index is 1.87. The standard InChI is InChI=1S/C26H26FNO6/c1-14(2)26-19(8-7-17(29)9-18(30)10-24(31)32)25(15-3-5-16(27)6-4-15)20-11-22-23(34-13-33-22)12-21(20)28-26/h3-8,11-12,14,17-18,29-30H,9-10,13H2,1-2H3,(H,31,32)/b8-7+. The number of carbonyl (C=O) groups is 1. The van der Waals surface area contributed by atoms with Crippen LogP contribution in [-0.2, 0) is 4.79 Å². The lowest BCUT2D eigenvalue weighted by Gasteiger charge is -2.18. The number of nitrogens with zero attached hydrogens (tertiary/aromatic N) is 1. The molecule has 0 amide bonds. The molecule has 3 N–H and O–H groups in total. The van der Waals surface area contributed by atoms with Gasteiger partial charge in [0.15, 0.2) is 11.5 Å². The van der Waals surface area contributed by atoms with Gasteiger partial charge < -0.3 is 24.8 Å². The van der Waals surface area contributed by atoms with E-state index in [9.17, 15) is 19.4 Å². The van der Waals surface area contributed by atoms with E-state index in [1.54, 1.807) is 18.2 Å². The van der Waals surface area contributed by atoms with E-state index in [-0.39, 0.29) is 24.9 Å². The molecule has 2 aromatic carbocycles. The summed E-state index contributed by atoms with van der Waals surface area (Å²) in [5.41, 5.74) is 3.75. The number of fused-ring (bicyclic) bond motifs is 2. The molecule has 4 rings (SSSR count). The van der Waals surface area contributed by atoms with Crippen molar-refractivity contribution in [2.75, 3.05) is 6.79 Å². The molecule has 2 unspecified atom stereocenters. The summed E-state index contributed by atoms with van der Waals surface area (Å²) in [6.07, 6.45) is 0.429. The van der Waals surface area contributed by atoms with E-state index in [1.807, 2.05) is 26.0 Å². The maximum absolute atomic E-state index is 13.7. The first-order valence-electron chi connectivity index (χ1n) is 11.0. The van der Waals surface area contributed by atoms with Crippen molar-refractivity contribution < 1.29 is 34.0 Å². The van der Waals surface area contributed by atoms with E-state index < -0.39 is 24.6 Å². The summed E-state index contributed by atoms with van der Waals surface area (Å²) in [4.78, 5) is 15.7. The fourth-order valence-electron chi connectivity index (χ4n) is 4.07. The van der Waals surface area contributed by atoms with Gasteiger partial charge >= 0.3 is 5.97 Å². The lowest BCUT2D eigenvalue weighted by Crippen LogP contribution is -2.19. The molecular weight excluding hydrogens is 441 g/mol. The molecule has 1 aliphatic rings. The average molecular weight is 467 g/mol. The van der Waals surface area contributed by atoms with Gasteiger partial charge in [0, 0.05) is 29.0 Å². The highest BCUT2D eigenvalue weighted by molar-refractivity contribution is 6.01. The van der Waals surface area contributed by atoms with Crippen LogP contribution in [0, 0.1) is 5.82 Å². The summed E-state index contributed by atoms with van der Waals surface area (Å²) in [7, 11) is 0. The van der Waals surface area contributed by atoms with Crippen molar-refractivity contribution >= 4 is 22.9 Å². The van der Waals surface area contributed by atoms with Gasteiger partial charge in [-0.2, -0.15) is 0 Å². The van der Waals surface area contributed by atoms with Crippen LogP contribution in [-0.4, -0.2) is 45.3 Å². The Hall–Kier alpha value is -3.49. The second-order valence-corrected chi connectivity index (χ2v) is 8.58. The quantitative estimate of drug-likeness (QED) is 0.448. The van der Waals surface area contributed by atoms with E-state index in [2.05, 4.69) is 0 Å². The van der Waals surface area contributed by atoms with Gasteiger partial charge in [-0.1, -0.05) is 38.1 Å². The SMILES string of the molecule is CC(C)c1nc2cc3c(cc2c(-c2ccc(F)cc2)c1/C=C/C(O)CC(O)CC(=O)O)OCO3. The predicted molar refractivity (Wildman–Crippen MR) is 125 cm³/mol. The minimum atomic E-state index is -1.17. The van der Waals surface area contributed by atoms with Crippen LogP contribution in [0.1, 0.15) is 43.9 Å². The van der Waals surface area contributed by atoms with Crippen molar-refractivity contribution in [3.05, 3.63) is 59.5 Å². The van der Waals surface area contributed by atoms with Gasteiger partial charge in [0.1, 0.15) is 5.82 Å². The van der Waals surface area contributed by atoms with Crippen molar-refractivity contribution in [2.24, 2.45) is 0 Å². The summed E-state index contributed by atoms with van der Waals surface area (Å²) in [6.45, 7) is 4.12. The zero-order valence-electron chi connectivity index (χ0n) is 18.9. The second-order valence-electron chi connectivity index (χ2n) is 8.58. The monoisotopic (exact) mass is 467 g/mol. The molecule has 0 fully saturated rings. The lowest BCUT2D eigenvalue weighted by atomic mass is 9.90. The van der Waals surface area contributed by atoms with Crippen molar-refractivity contribution in [2.45, 2.75) is 44.8 Å². The van der Waals surface area contributed by atoms with Crippen LogP contribution in [0.2, 0.25) is 0 Å². The first kappa shape index (κ1) is 23.7. The van der Waals surface area contributed by atoms with Gasteiger partial charge in [-0.3, -0.25) is 9.78 Å². The molecule has 0 aliphatic carbocycles. The number of aliphatic carboxylic acids is 1. The molecule has 8 heteroatoms. The van der Waals surface area contributed by atoms with Crippen LogP contribution in [0.25, 0.3) is 28.1 Å². The van der Waals surface area contributed by atoms with E-state index in [0.29, 0.717) is 17.0 Å². The Morgan fingerprint density at radius 1 is 1.15 bits per heavy atom. The Kier molecular flexibility index (Phi) is 6.81. The van der Waals surface area contributed by atoms with Crippen LogP contribution in [0.15, 0.2) is 42.5 Å². The van der Waals surface area contributed by atoms with Gasteiger partial charge in [0.05, 0.1) is 29.8 Å². The molecule has 1 aliphatic heterocycles. The molecule has 2 heterocycles. The van der Waals surface area contributed by atoms with Gasteiger partial charge in [-0.05, 0) is 29.7 Å². The lowest BCUT2D eigenvalue weighted by molar-refractivity contribution is -0.139. The maximum atomic E-state index is 13.7. The third kappa shape index (κ3) is 5.03. The number of ether oxygens (including phenoxy) is 2. The van der Waals surface area contributed by atoms with Crippen molar-refractivity contribution in [3.63, 3.8) is 0 Å². The van der Waals surface area contributed by atoms with E-state index in [1.165, 1.54) is 18.2 Å². The fraction of sp³-hybridized carbons (Fsp3) is 0.308. The first-order chi connectivity index (χ1) is 16.2. The van der Waals surface area contributed by atoms with Gasteiger partial charge in [-0.15, -0.1) is 0 Å². The van der Waals surface area contributed by atoms with E-state index in [0.717, 1.165) is 27.8 Å². The Morgan fingerprint density at radius 2 is 1.82 bits per heavy atom. The molecule has 0 spiro atoms. The minimum Gasteiger partial charge on any atom is -0.481 e. The smallest absolute Gasteiger partial charge is 0.305 e. The number of carboxylic acids is 1. The number of aromatic nitrogens is 1. The third-order valence-electron chi connectivity index (χ3n) is 5.64. The zero-order valence-corrected chi connectivity index (χ0v) is 18.9. The number of hydrogen-bond acceptors (Lipinski definition) is 6. The predicted octanol–water partition coefficient (Wildman–Crippen LogP) is 4.49. The van der Waals surface area contributed by atoms with E-state index in [4.69, 9.17) is 19.6 Å². The highest BCUT2D eigenvalue weighted by Gasteiger charge is 2.22. The molecule has 178 valence electrons. The molecule has 2 atom stereocenters. The number of benzene rings is 2. The number of rotatable bonds is 8. The summed E-state index contributed by atoms with van der Waals surface area (Å²) in [5.74, 6) is -0.290. The summed E-state index contributed by atoms with van der Waals surface area (Å²) in [5, 5.41) is 29.9. The Bertz CT molecular complexity index is 1240. The second kappa shape index (κ2) is 9.79. The van der Waals surface area contributed by atoms with Crippen LogP contribution < -0.4 is 9.47 Å². The summed E-state index contributed by atoms with van der Waals surface area (Å²) < 4.78 is 24.8. The molecule has 34 heavy (non-hydrogen) atoms. The molecule has 0 bridgehead atoms. The Labute approximate surface area is 196 Å². The van der Waals surface area contributed by atoms with Gasteiger partial charge in [-0.25, -0.2) is 4.39 Å². The highest BCUT2D eigenvalue weighted by atomic mass is 19.1. The average Bonchev–Trinajstić information content (AvgIpc) is 3.22. The third-order valence-corrected chi connectivity index (χ3v) is 5.64. The number of pyridine rings is 1. The summed E-state index contributed by atoms with van der Waals surface area (Å²) in [6, 6.07) is 9.80. The van der Waals surface area contributed by atoms with E-state index >= 15 is 0 Å². The largest absolute Gasteiger partial charge is 0.481 e. The van der Waals surface area contributed by atoms with Crippen molar-refractivity contribution in [1.29, 1.82) is 0 Å². The van der Waals surface area contributed by atoms with Crippen LogP contribution in [0.4, 0.5) is 4.39 Å². The van der Waals surface area contributed by atoms with Gasteiger partial charge in [0.25, 0.3) is 0 Å². The molecule has 3 aromatic rings. The summed E-state index contributed by atoms with van der Waals surface area (Å²) >= 11 is 0. The highest BCUT2D eigenvalue weighted by Crippen LogP contribution is 2.42. The van der Waals surface area contributed by atoms with Gasteiger partial charge in [0.2, 0.25) is 6.79 Å². The molecule has 0 saturated heterocycles. The van der Waals surface area contributed by atoms with Crippen molar-refractivity contribution in [1.82, 2.24) is 4.98 Å². The zero-order chi connectivity index (χ0) is 24.4. The number of hydrogen-bond donors (Lipinski definition) is 3. The molecule has 0 radical (unpaired) electrons. The number of aliphatic hydroxyl groups excluding tert-OH is 2. The van der Waals surface area contributed by atoms with Crippen LogP contribution in [0.3, 0.4) is 0 Å². The molecule has 1 aromatic heterocycles. The topological polar surface area (TPSA) is 109 Å². The van der Waals surface area contributed by atoms with Crippen molar-refractivity contribution in [3.8, 4) is 22.6 Å².